The highest BCUT2D eigenvalue weighted by Crippen LogP contribution is 2.15. The lowest BCUT2D eigenvalue weighted by molar-refractivity contribution is -0.148. The molecule has 0 fully saturated rings. The second kappa shape index (κ2) is 33.4. The summed E-state index contributed by atoms with van der Waals surface area (Å²) in [5.41, 5.74) is 0. The minimum atomic E-state index is 0.0189. The smallest absolute Gasteiger partial charge is 0.188 e. The lowest BCUT2D eigenvalue weighted by Gasteiger charge is -2.19. The normalized spacial score (nSPS) is 11.8. The van der Waals surface area contributed by atoms with Gasteiger partial charge in [0.15, 0.2) is 13.1 Å². The van der Waals surface area contributed by atoms with Crippen molar-refractivity contribution in [2.24, 2.45) is 0 Å². The van der Waals surface area contributed by atoms with E-state index in [4.69, 9.17) is 18.9 Å². The fourth-order valence-electron chi connectivity index (χ4n) is 4.40. The van der Waals surface area contributed by atoms with Crippen LogP contribution in [-0.2, 0) is 18.9 Å². The second-order valence-electron chi connectivity index (χ2n) is 10.7. The fourth-order valence-corrected chi connectivity index (χ4v) is 4.40. The molecular formula is C33H66O4. The molecule has 0 saturated heterocycles. The van der Waals surface area contributed by atoms with Crippen molar-refractivity contribution in [3.05, 3.63) is 12.3 Å². The van der Waals surface area contributed by atoms with Crippen molar-refractivity contribution in [3.63, 3.8) is 0 Å². The van der Waals surface area contributed by atoms with E-state index in [9.17, 15) is 0 Å². The maximum absolute atomic E-state index is 6.14. The number of hydrogen-bond acceptors (Lipinski definition) is 4. The van der Waals surface area contributed by atoms with Crippen LogP contribution in [-0.4, -0.2) is 32.9 Å². The molecule has 0 unspecified atom stereocenters. The molecule has 0 aromatic carbocycles. The zero-order valence-corrected chi connectivity index (χ0v) is 25.5. The van der Waals surface area contributed by atoms with Crippen molar-refractivity contribution in [3.8, 4) is 0 Å². The van der Waals surface area contributed by atoms with Gasteiger partial charge in [-0.05, 0) is 51.0 Å². The van der Waals surface area contributed by atoms with E-state index in [0.717, 1.165) is 39.1 Å². The highest BCUT2D eigenvalue weighted by molar-refractivity contribution is 4.72. The van der Waals surface area contributed by atoms with Gasteiger partial charge in [0, 0.05) is 13.2 Å². The maximum atomic E-state index is 6.14. The van der Waals surface area contributed by atoms with Gasteiger partial charge in [0.05, 0.1) is 12.9 Å². The van der Waals surface area contributed by atoms with Crippen LogP contribution < -0.4 is 0 Å². The molecule has 4 nitrogen and oxygen atoms in total. The molecule has 0 N–H and O–H groups in total. The van der Waals surface area contributed by atoms with E-state index in [1.165, 1.54) is 128 Å². The van der Waals surface area contributed by atoms with E-state index in [0.29, 0.717) is 6.79 Å². The molecule has 0 atom stereocenters. The lowest BCUT2D eigenvalue weighted by atomic mass is 10.1. The Morgan fingerprint density at radius 2 is 0.973 bits per heavy atom. The van der Waals surface area contributed by atoms with E-state index >= 15 is 0 Å². The molecule has 0 spiro atoms. The molecule has 0 radical (unpaired) electrons. The molecule has 37 heavy (non-hydrogen) atoms. The number of unbranched alkanes of at least 4 members (excludes halogenated alkanes) is 18. The Hall–Kier alpha value is -0.580. The first-order valence-electron chi connectivity index (χ1n) is 16.4. The minimum Gasteiger partial charge on any atom is -0.475 e. The molecule has 0 aliphatic carbocycles. The molecule has 0 saturated carbocycles. The summed E-state index contributed by atoms with van der Waals surface area (Å²) in [6, 6.07) is 0. The van der Waals surface area contributed by atoms with Crippen LogP contribution in [0.4, 0.5) is 0 Å². The number of rotatable bonds is 32. The zero-order valence-electron chi connectivity index (χ0n) is 25.5. The van der Waals surface area contributed by atoms with E-state index < -0.39 is 0 Å². The third kappa shape index (κ3) is 31.5. The van der Waals surface area contributed by atoms with Gasteiger partial charge in [-0.3, -0.25) is 0 Å². The molecule has 0 aliphatic heterocycles. The van der Waals surface area contributed by atoms with Crippen LogP contribution in [0.2, 0.25) is 0 Å². The molecule has 0 rings (SSSR count). The van der Waals surface area contributed by atoms with Gasteiger partial charge in [0.25, 0.3) is 0 Å². The van der Waals surface area contributed by atoms with Gasteiger partial charge < -0.3 is 18.9 Å². The van der Waals surface area contributed by atoms with Gasteiger partial charge in [-0.15, -0.1) is 0 Å². The van der Waals surface area contributed by atoms with Crippen LogP contribution >= 0.6 is 0 Å². The van der Waals surface area contributed by atoms with Crippen molar-refractivity contribution in [2.45, 2.75) is 175 Å². The Labute approximate surface area is 232 Å². The number of ether oxygens (including phenoxy) is 4. The Morgan fingerprint density at radius 1 is 0.486 bits per heavy atom. The average Bonchev–Trinajstić information content (AvgIpc) is 2.91. The van der Waals surface area contributed by atoms with Gasteiger partial charge in [-0.25, -0.2) is 0 Å². The third-order valence-corrected chi connectivity index (χ3v) is 6.90. The van der Waals surface area contributed by atoms with Crippen LogP contribution in [0.1, 0.15) is 168 Å². The first-order valence-corrected chi connectivity index (χ1v) is 16.4. The first kappa shape index (κ1) is 36.4. The summed E-state index contributed by atoms with van der Waals surface area (Å²) in [5, 5.41) is 0. The highest BCUT2D eigenvalue weighted by Gasteiger charge is 2.09. The summed E-state index contributed by atoms with van der Waals surface area (Å²) in [4.78, 5) is 0. The lowest BCUT2D eigenvalue weighted by Crippen LogP contribution is -2.19. The summed E-state index contributed by atoms with van der Waals surface area (Å²) >= 11 is 0. The van der Waals surface area contributed by atoms with Crippen molar-refractivity contribution >= 4 is 0 Å². The minimum absolute atomic E-state index is 0.0189. The second-order valence-corrected chi connectivity index (χ2v) is 10.7. The quantitative estimate of drug-likeness (QED) is 0.0496. The Balaban J connectivity index is 3.64. The van der Waals surface area contributed by atoms with Gasteiger partial charge in [-0.2, -0.15) is 0 Å². The van der Waals surface area contributed by atoms with Crippen LogP contribution in [0, 0.1) is 0 Å². The van der Waals surface area contributed by atoms with Crippen molar-refractivity contribution in [2.75, 3.05) is 26.6 Å². The molecule has 0 bridgehead atoms. The largest absolute Gasteiger partial charge is 0.475 e. The van der Waals surface area contributed by atoms with Gasteiger partial charge in [0.1, 0.15) is 0 Å². The maximum Gasteiger partial charge on any atom is 0.188 e. The Bertz CT molecular complexity index is 411. The highest BCUT2D eigenvalue weighted by atomic mass is 16.7. The Morgan fingerprint density at radius 3 is 1.54 bits per heavy atom. The van der Waals surface area contributed by atoms with Crippen molar-refractivity contribution in [1.82, 2.24) is 0 Å². The van der Waals surface area contributed by atoms with Crippen LogP contribution in [0.3, 0.4) is 0 Å². The van der Waals surface area contributed by atoms with E-state index in [2.05, 4.69) is 26.8 Å². The van der Waals surface area contributed by atoms with Gasteiger partial charge in [0.2, 0.25) is 0 Å². The first-order chi connectivity index (χ1) is 18.3. The van der Waals surface area contributed by atoms with Crippen LogP contribution in [0.15, 0.2) is 12.3 Å². The molecular weight excluding hydrogens is 460 g/mol. The summed E-state index contributed by atoms with van der Waals surface area (Å²) in [5.74, 6) is 0. The molecule has 0 aromatic heterocycles. The predicted octanol–water partition coefficient (Wildman–Crippen LogP) is 10.9. The zero-order chi connectivity index (χ0) is 26.9. The Kier molecular flexibility index (Phi) is 32.9. The van der Waals surface area contributed by atoms with E-state index in [-0.39, 0.29) is 6.29 Å². The number of allylic oxidation sites excluding steroid dienone is 1. The molecule has 0 aromatic rings. The molecule has 0 amide bonds. The number of hydrogen-bond donors (Lipinski definition) is 0. The van der Waals surface area contributed by atoms with Crippen LogP contribution in [0.5, 0.6) is 0 Å². The van der Waals surface area contributed by atoms with Crippen LogP contribution in [0.25, 0.3) is 0 Å². The SMILES string of the molecule is CCCCCCCOC(CCCCCCCCCCCC=COCOCCCC)OCCCCCCC. The van der Waals surface area contributed by atoms with Crippen molar-refractivity contribution in [1.29, 1.82) is 0 Å². The summed E-state index contributed by atoms with van der Waals surface area (Å²) in [6.07, 6.45) is 33.2. The molecule has 4 heteroatoms. The predicted molar refractivity (Wildman–Crippen MR) is 160 cm³/mol. The molecule has 0 aliphatic rings. The van der Waals surface area contributed by atoms with Gasteiger partial charge >= 0.3 is 0 Å². The fraction of sp³-hybridized carbons (Fsp3) is 0.939. The topological polar surface area (TPSA) is 36.9 Å². The monoisotopic (exact) mass is 526 g/mol. The summed E-state index contributed by atoms with van der Waals surface area (Å²) in [7, 11) is 0. The third-order valence-electron chi connectivity index (χ3n) is 6.90. The van der Waals surface area contributed by atoms with E-state index in [1.54, 1.807) is 6.26 Å². The summed E-state index contributed by atoms with van der Waals surface area (Å²) in [6.45, 7) is 9.61. The molecule has 0 heterocycles. The average molecular weight is 527 g/mol. The standard InChI is InChI=1S/C33H66O4/c1-4-7-10-20-25-30-36-33(37-31-26-21-11-8-5-2)27-23-19-17-15-13-12-14-16-18-22-24-29-35-32-34-28-9-6-3/h24,29,33H,4-23,25-28,30-32H2,1-3H3. The van der Waals surface area contributed by atoms with Crippen molar-refractivity contribution < 1.29 is 18.9 Å². The van der Waals surface area contributed by atoms with E-state index in [1.807, 2.05) is 0 Å². The summed E-state index contributed by atoms with van der Waals surface area (Å²) < 4.78 is 23.0. The molecule has 222 valence electrons. The van der Waals surface area contributed by atoms with Gasteiger partial charge in [-0.1, -0.05) is 124 Å².